The summed E-state index contributed by atoms with van der Waals surface area (Å²) in [5.74, 6) is 0.130. The second-order valence-corrected chi connectivity index (χ2v) is 5.36. The molecule has 6 heteroatoms. The molecule has 0 radical (unpaired) electrons. The first-order valence-corrected chi connectivity index (χ1v) is 7.40. The SMILES string of the molecule is O=C(NC[C@@H]1CCO[C@H]1c1ccccc1)c1csnn1. The Morgan fingerprint density at radius 2 is 2.25 bits per heavy atom. The summed E-state index contributed by atoms with van der Waals surface area (Å²) in [6.45, 7) is 1.33. The number of amides is 1. The molecular formula is C14H15N3O2S. The van der Waals surface area contributed by atoms with Crippen molar-refractivity contribution in [2.75, 3.05) is 13.2 Å². The number of hydrogen-bond acceptors (Lipinski definition) is 5. The molecule has 0 bridgehead atoms. The molecule has 0 aliphatic carbocycles. The van der Waals surface area contributed by atoms with Crippen LogP contribution in [0.5, 0.6) is 0 Å². The molecule has 20 heavy (non-hydrogen) atoms. The zero-order valence-corrected chi connectivity index (χ0v) is 11.7. The van der Waals surface area contributed by atoms with Gasteiger partial charge in [0.1, 0.15) is 0 Å². The summed E-state index contributed by atoms with van der Waals surface area (Å²) in [5, 5.41) is 8.32. The maximum Gasteiger partial charge on any atom is 0.272 e. The van der Waals surface area contributed by atoms with E-state index in [9.17, 15) is 4.79 Å². The van der Waals surface area contributed by atoms with Gasteiger partial charge >= 0.3 is 0 Å². The summed E-state index contributed by atoms with van der Waals surface area (Å²) in [5.41, 5.74) is 1.55. The molecule has 1 aromatic heterocycles. The van der Waals surface area contributed by atoms with E-state index in [1.165, 1.54) is 17.1 Å². The van der Waals surface area contributed by atoms with Crippen LogP contribution in [0.15, 0.2) is 35.7 Å². The fourth-order valence-corrected chi connectivity index (χ4v) is 2.87. The molecule has 2 aromatic rings. The molecule has 1 aromatic carbocycles. The summed E-state index contributed by atoms with van der Waals surface area (Å²) < 4.78 is 9.49. The van der Waals surface area contributed by atoms with Gasteiger partial charge in [-0.1, -0.05) is 34.8 Å². The third-order valence-corrected chi connectivity index (χ3v) is 3.96. The number of nitrogens with zero attached hydrogens (tertiary/aromatic N) is 2. The normalized spacial score (nSPS) is 21.8. The lowest BCUT2D eigenvalue weighted by Crippen LogP contribution is -2.30. The van der Waals surface area contributed by atoms with E-state index in [2.05, 4.69) is 27.0 Å². The van der Waals surface area contributed by atoms with Crippen molar-refractivity contribution in [3.8, 4) is 0 Å². The van der Waals surface area contributed by atoms with Crippen LogP contribution in [-0.2, 0) is 4.74 Å². The number of benzene rings is 1. The van der Waals surface area contributed by atoms with Crippen LogP contribution in [0.4, 0.5) is 0 Å². The molecule has 1 aliphatic rings. The predicted octanol–water partition coefficient (Wildman–Crippen LogP) is 2.05. The van der Waals surface area contributed by atoms with E-state index < -0.39 is 0 Å². The van der Waals surface area contributed by atoms with E-state index in [-0.39, 0.29) is 12.0 Å². The zero-order valence-electron chi connectivity index (χ0n) is 10.9. The summed E-state index contributed by atoms with van der Waals surface area (Å²) in [4.78, 5) is 11.9. The van der Waals surface area contributed by atoms with Crippen molar-refractivity contribution in [2.24, 2.45) is 5.92 Å². The summed E-state index contributed by atoms with van der Waals surface area (Å²) in [6.07, 6.45) is 1.01. The fraction of sp³-hybridized carbons (Fsp3) is 0.357. The standard InChI is InChI=1S/C14H15N3O2S/c18-14(12-9-20-17-16-12)15-8-11-6-7-19-13(11)10-4-2-1-3-5-10/h1-5,9,11,13H,6-8H2,(H,15,18)/t11-,13-/m0/s1. The van der Waals surface area contributed by atoms with Gasteiger partial charge in [0.25, 0.3) is 5.91 Å². The Bertz CT molecular complexity index is 559. The Balaban J connectivity index is 1.61. The maximum atomic E-state index is 11.9. The molecule has 1 amide bonds. The van der Waals surface area contributed by atoms with Crippen molar-refractivity contribution >= 4 is 17.4 Å². The van der Waals surface area contributed by atoms with Gasteiger partial charge in [-0.05, 0) is 23.5 Å². The fourth-order valence-electron chi connectivity index (χ4n) is 2.43. The van der Waals surface area contributed by atoms with Gasteiger partial charge in [-0.25, -0.2) is 0 Å². The first kappa shape index (κ1) is 13.2. The molecule has 1 aliphatic heterocycles. The molecule has 0 unspecified atom stereocenters. The Morgan fingerprint density at radius 1 is 1.40 bits per heavy atom. The minimum Gasteiger partial charge on any atom is -0.373 e. The lowest BCUT2D eigenvalue weighted by molar-refractivity contribution is 0.0844. The van der Waals surface area contributed by atoms with Gasteiger partial charge in [-0.3, -0.25) is 4.79 Å². The lowest BCUT2D eigenvalue weighted by Gasteiger charge is -2.19. The van der Waals surface area contributed by atoms with Gasteiger partial charge in [0.05, 0.1) is 6.10 Å². The van der Waals surface area contributed by atoms with Crippen molar-refractivity contribution in [3.63, 3.8) is 0 Å². The van der Waals surface area contributed by atoms with Crippen molar-refractivity contribution in [3.05, 3.63) is 47.0 Å². The number of carbonyl (C=O) groups excluding carboxylic acids is 1. The van der Waals surface area contributed by atoms with Gasteiger partial charge in [0, 0.05) is 24.4 Å². The van der Waals surface area contributed by atoms with E-state index in [0.717, 1.165) is 13.0 Å². The van der Waals surface area contributed by atoms with Crippen LogP contribution in [0, 0.1) is 5.92 Å². The number of aromatic nitrogens is 2. The Hall–Kier alpha value is -1.79. The van der Waals surface area contributed by atoms with Crippen molar-refractivity contribution < 1.29 is 9.53 Å². The van der Waals surface area contributed by atoms with Crippen LogP contribution in [0.2, 0.25) is 0 Å². The van der Waals surface area contributed by atoms with Crippen LogP contribution >= 0.6 is 11.5 Å². The first-order chi connectivity index (χ1) is 9.84. The summed E-state index contributed by atoms with van der Waals surface area (Å²) in [6, 6.07) is 10.1. The van der Waals surface area contributed by atoms with Gasteiger partial charge in [0.2, 0.25) is 0 Å². The van der Waals surface area contributed by atoms with Gasteiger partial charge in [-0.2, -0.15) is 0 Å². The van der Waals surface area contributed by atoms with E-state index in [1.54, 1.807) is 5.38 Å². The molecule has 2 heterocycles. The Morgan fingerprint density at radius 3 is 3.00 bits per heavy atom. The molecule has 0 spiro atoms. The summed E-state index contributed by atoms with van der Waals surface area (Å²) >= 11 is 1.18. The topological polar surface area (TPSA) is 64.1 Å². The van der Waals surface area contributed by atoms with Gasteiger partial charge in [0.15, 0.2) is 5.69 Å². The first-order valence-electron chi connectivity index (χ1n) is 6.56. The van der Waals surface area contributed by atoms with E-state index in [4.69, 9.17) is 4.74 Å². The third-order valence-electron chi connectivity index (χ3n) is 3.46. The highest BCUT2D eigenvalue weighted by Crippen LogP contribution is 2.33. The largest absolute Gasteiger partial charge is 0.373 e. The highest BCUT2D eigenvalue weighted by atomic mass is 32.1. The number of nitrogens with one attached hydrogen (secondary N) is 1. The molecule has 5 nitrogen and oxygen atoms in total. The van der Waals surface area contributed by atoms with Crippen LogP contribution in [0.3, 0.4) is 0 Å². The molecule has 1 saturated heterocycles. The van der Waals surface area contributed by atoms with Gasteiger partial charge in [-0.15, -0.1) is 5.10 Å². The van der Waals surface area contributed by atoms with Crippen molar-refractivity contribution in [1.82, 2.24) is 14.9 Å². The highest BCUT2D eigenvalue weighted by molar-refractivity contribution is 7.03. The van der Waals surface area contributed by atoms with Crippen molar-refractivity contribution in [2.45, 2.75) is 12.5 Å². The quantitative estimate of drug-likeness (QED) is 0.935. The van der Waals surface area contributed by atoms with Crippen LogP contribution in [0.1, 0.15) is 28.6 Å². The van der Waals surface area contributed by atoms with Crippen LogP contribution in [-0.4, -0.2) is 28.6 Å². The summed E-state index contributed by atoms with van der Waals surface area (Å²) in [7, 11) is 0. The molecule has 1 fully saturated rings. The maximum absolute atomic E-state index is 11.9. The molecule has 3 rings (SSSR count). The number of ether oxygens (including phenoxy) is 1. The van der Waals surface area contributed by atoms with E-state index in [1.807, 2.05) is 18.2 Å². The number of rotatable bonds is 4. The predicted molar refractivity (Wildman–Crippen MR) is 75.5 cm³/mol. The molecule has 0 saturated carbocycles. The van der Waals surface area contributed by atoms with Crippen LogP contribution in [0.25, 0.3) is 0 Å². The lowest BCUT2D eigenvalue weighted by atomic mass is 9.95. The van der Waals surface area contributed by atoms with Gasteiger partial charge < -0.3 is 10.1 Å². The average Bonchev–Trinajstić information content (AvgIpc) is 3.17. The minimum atomic E-state index is -0.169. The molecular weight excluding hydrogens is 274 g/mol. The number of carbonyl (C=O) groups is 1. The van der Waals surface area contributed by atoms with E-state index in [0.29, 0.717) is 18.2 Å². The van der Waals surface area contributed by atoms with E-state index >= 15 is 0 Å². The Kier molecular flexibility index (Phi) is 4.03. The second kappa shape index (κ2) is 6.11. The monoisotopic (exact) mass is 289 g/mol. The molecule has 1 N–H and O–H groups in total. The Labute approximate surface area is 121 Å². The minimum absolute atomic E-state index is 0.0602. The number of hydrogen-bond donors (Lipinski definition) is 1. The third kappa shape index (κ3) is 2.86. The van der Waals surface area contributed by atoms with Crippen molar-refractivity contribution in [1.29, 1.82) is 0 Å². The zero-order chi connectivity index (χ0) is 13.8. The molecule has 104 valence electrons. The highest BCUT2D eigenvalue weighted by Gasteiger charge is 2.29. The smallest absolute Gasteiger partial charge is 0.272 e. The average molecular weight is 289 g/mol. The second-order valence-electron chi connectivity index (χ2n) is 4.75. The molecule has 2 atom stereocenters. The van der Waals surface area contributed by atoms with Crippen LogP contribution < -0.4 is 5.32 Å².